The van der Waals surface area contributed by atoms with Crippen molar-refractivity contribution in [1.82, 2.24) is 0 Å². The summed E-state index contributed by atoms with van der Waals surface area (Å²) in [5.41, 5.74) is 0.221. The van der Waals surface area contributed by atoms with E-state index in [1.165, 1.54) is 12.1 Å². The molecule has 0 saturated heterocycles. The summed E-state index contributed by atoms with van der Waals surface area (Å²) in [7, 11) is 0. The lowest BCUT2D eigenvalue weighted by molar-refractivity contribution is -0.0829. The van der Waals surface area contributed by atoms with Crippen molar-refractivity contribution in [3.63, 3.8) is 0 Å². The van der Waals surface area contributed by atoms with Crippen LogP contribution < -0.4 is 0 Å². The minimum absolute atomic E-state index is 0.221. The zero-order valence-corrected chi connectivity index (χ0v) is 8.97. The first kappa shape index (κ1) is 12.0. The van der Waals surface area contributed by atoms with Crippen molar-refractivity contribution < 1.29 is 18.0 Å². The molecule has 0 spiro atoms. The fraction of sp³-hybridized carbons (Fsp3) is 0.100. The van der Waals surface area contributed by atoms with Crippen LogP contribution in [0.2, 0.25) is 0 Å². The van der Waals surface area contributed by atoms with E-state index in [1.54, 1.807) is 18.2 Å². The van der Waals surface area contributed by atoms with Gasteiger partial charge in [0, 0.05) is 11.6 Å². The number of hydrogen-bond acceptors (Lipinski definition) is 1. The topological polar surface area (TPSA) is 17.1 Å². The summed E-state index contributed by atoms with van der Waals surface area (Å²) in [6.07, 6.45) is -4.00. The highest BCUT2D eigenvalue weighted by Crippen LogP contribution is 2.30. The minimum atomic E-state index is -4.52. The van der Waals surface area contributed by atoms with E-state index in [9.17, 15) is 18.0 Å². The number of hydrogen-bond donors (Lipinski definition) is 0. The average Bonchev–Trinajstić information content (AvgIpc) is 2.17. The molecule has 80 valence electrons. The molecule has 0 heterocycles. The molecule has 0 fully saturated rings. The second-order valence-corrected chi connectivity index (χ2v) is 3.57. The Balaban J connectivity index is 2.90. The molecule has 0 aliphatic heterocycles. The van der Waals surface area contributed by atoms with E-state index in [4.69, 9.17) is 0 Å². The summed E-state index contributed by atoms with van der Waals surface area (Å²) in [4.78, 5) is 11.3. The third-order valence-electron chi connectivity index (χ3n) is 1.59. The molecule has 0 radical (unpaired) electrons. The first-order valence-electron chi connectivity index (χ1n) is 3.95. The molecule has 1 nitrogen and oxygen atoms in total. The molecule has 0 amide bonds. The van der Waals surface area contributed by atoms with Crippen LogP contribution in [0, 0.1) is 0 Å². The molecule has 0 aliphatic carbocycles. The van der Waals surface area contributed by atoms with Crippen LogP contribution >= 0.6 is 15.9 Å². The fourth-order valence-electron chi connectivity index (χ4n) is 0.883. The molecule has 1 rings (SSSR count). The molecule has 0 aliphatic rings. The lowest BCUT2D eigenvalue weighted by Crippen LogP contribution is -2.08. The van der Waals surface area contributed by atoms with Gasteiger partial charge in [-0.1, -0.05) is 30.3 Å². The Hall–Kier alpha value is -1.10. The van der Waals surface area contributed by atoms with Crippen molar-refractivity contribution in [3.8, 4) is 0 Å². The molecule has 0 saturated carbocycles. The Kier molecular flexibility index (Phi) is 3.68. The molecule has 1 aromatic rings. The maximum Gasteiger partial charge on any atom is 0.422 e. The Labute approximate surface area is 92.7 Å². The minimum Gasteiger partial charge on any atom is -0.289 e. The van der Waals surface area contributed by atoms with Crippen molar-refractivity contribution in [2.45, 2.75) is 6.18 Å². The fourth-order valence-corrected chi connectivity index (χ4v) is 1.09. The molecule has 0 unspecified atom stereocenters. The van der Waals surface area contributed by atoms with Gasteiger partial charge in [0.25, 0.3) is 0 Å². The highest BCUT2D eigenvalue weighted by molar-refractivity contribution is 9.11. The number of carbonyl (C=O) groups is 1. The maximum absolute atomic E-state index is 12.1. The summed E-state index contributed by atoms with van der Waals surface area (Å²) in [5, 5.41) is 0. The normalized spacial score (nSPS) is 12.7. The number of carbonyl (C=O) groups excluding carboxylic acids is 1. The number of halogens is 4. The van der Waals surface area contributed by atoms with Crippen molar-refractivity contribution >= 4 is 21.7 Å². The smallest absolute Gasteiger partial charge is 0.289 e. The number of benzene rings is 1. The van der Waals surface area contributed by atoms with Gasteiger partial charge in [0.05, 0.1) is 0 Å². The zero-order chi connectivity index (χ0) is 11.5. The Morgan fingerprint density at radius 3 is 2.20 bits per heavy atom. The van der Waals surface area contributed by atoms with E-state index in [0.717, 1.165) is 0 Å². The Bertz CT molecular complexity index is 381. The lowest BCUT2D eigenvalue weighted by atomic mass is 10.1. The van der Waals surface area contributed by atoms with E-state index in [2.05, 4.69) is 15.9 Å². The van der Waals surface area contributed by atoms with Crippen LogP contribution in [0.5, 0.6) is 0 Å². The first-order chi connectivity index (χ1) is 6.91. The van der Waals surface area contributed by atoms with Crippen LogP contribution in [0.3, 0.4) is 0 Å². The van der Waals surface area contributed by atoms with Crippen LogP contribution in [-0.2, 0) is 0 Å². The summed E-state index contributed by atoms with van der Waals surface area (Å²) in [6, 6.07) is 7.76. The third-order valence-corrected chi connectivity index (χ3v) is 2.27. The molecular weight excluding hydrogens is 273 g/mol. The number of alkyl halides is 3. The van der Waals surface area contributed by atoms with Gasteiger partial charge in [-0.3, -0.25) is 4.79 Å². The molecule has 5 heteroatoms. The Morgan fingerprint density at radius 1 is 1.20 bits per heavy atom. The number of rotatable bonds is 2. The predicted molar refractivity (Wildman–Crippen MR) is 53.8 cm³/mol. The molecule has 0 bridgehead atoms. The van der Waals surface area contributed by atoms with Crippen molar-refractivity contribution in [2.24, 2.45) is 0 Å². The standard InChI is InChI=1S/C10H6BrF3O/c11-9(10(12,13)14)6-8(15)7-4-2-1-3-5-7/h1-6H. The monoisotopic (exact) mass is 278 g/mol. The first-order valence-corrected chi connectivity index (χ1v) is 4.74. The molecule has 0 atom stereocenters. The largest absolute Gasteiger partial charge is 0.422 e. The highest BCUT2D eigenvalue weighted by atomic mass is 79.9. The predicted octanol–water partition coefficient (Wildman–Crippen LogP) is 3.71. The third kappa shape index (κ3) is 3.51. The van der Waals surface area contributed by atoms with Crippen molar-refractivity contribution in [2.75, 3.05) is 0 Å². The average molecular weight is 279 g/mol. The quantitative estimate of drug-likeness (QED) is 0.595. The zero-order valence-electron chi connectivity index (χ0n) is 7.38. The van der Waals surface area contributed by atoms with Gasteiger partial charge in [-0.25, -0.2) is 0 Å². The van der Waals surface area contributed by atoms with Gasteiger partial charge in [-0.2, -0.15) is 13.2 Å². The van der Waals surface area contributed by atoms with Crippen LogP contribution in [0.25, 0.3) is 0 Å². The van der Waals surface area contributed by atoms with Crippen LogP contribution in [-0.4, -0.2) is 12.0 Å². The summed E-state index contributed by atoms with van der Waals surface area (Å²) >= 11 is 2.31. The molecular formula is C10H6BrF3O. The Morgan fingerprint density at radius 2 is 1.73 bits per heavy atom. The van der Waals surface area contributed by atoms with Gasteiger partial charge in [0.2, 0.25) is 0 Å². The molecule has 15 heavy (non-hydrogen) atoms. The lowest BCUT2D eigenvalue weighted by Gasteiger charge is -2.03. The summed E-state index contributed by atoms with van der Waals surface area (Å²) in [5.74, 6) is -0.681. The SMILES string of the molecule is O=C(C=C(Br)C(F)(F)F)c1ccccc1. The number of ketones is 1. The number of allylic oxidation sites excluding steroid dienone is 2. The van der Waals surface area contributed by atoms with Gasteiger partial charge < -0.3 is 0 Å². The van der Waals surface area contributed by atoms with Gasteiger partial charge in [-0.15, -0.1) is 0 Å². The summed E-state index contributed by atoms with van der Waals surface area (Å²) in [6.45, 7) is 0. The van der Waals surface area contributed by atoms with E-state index in [0.29, 0.717) is 6.08 Å². The molecule has 0 aromatic heterocycles. The van der Waals surface area contributed by atoms with E-state index in [-0.39, 0.29) is 5.56 Å². The second kappa shape index (κ2) is 4.61. The van der Waals surface area contributed by atoms with Crippen molar-refractivity contribution in [3.05, 3.63) is 46.5 Å². The second-order valence-electron chi connectivity index (χ2n) is 2.72. The van der Waals surface area contributed by atoms with Gasteiger partial charge >= 0.3 is 6.18 Å². The van der Waals surface area contributed by atoms with Gasteiger partial charge in [-0.05, 0) is 15.9 Å². The van der Waals surface area contributed by atoms with Gasteiger partial charge in [0.15, 0.2) is 5.78 Å². The van der Waals surface area contributed by atoms with E-state index >= 15 is 0 Å². The van der Waals surface area contributed by atoms with Gasteiger partial charge in [0.1, 0.15) is 4.48 Å². The highest BCUT2D eigenvalue weighted by Gasteiger charge is 2.32. The maximum atomic E-state index is 12.1. The molecule has 1 aromatic carbocycles. The van der Waals surface area contributed by atoms with E-state index < -0.39 is 16.4 Å². The molecule has 0 N–H and O–H groups in total. The van der Waals surface area contributed by atoms with Crippen LogP contribution in [0.15, 0.2) is 40.9 Å². The van der Waals surface area contributed by atoms with Crippen LogP contribution in [0.4, 0.5) is 13.2 Å². The van der Waals surface area contributed by atoms with E-state index in [1.807, 2.05) is 0 Å². The van der Waals surface area contributed by atoms with Crippen LogP contribution in [0.1, 0.15) is 10.4 Å². The summed E-state index contributed by atoms with van der Waals surface area (Å²) < 4.78 is 35.1. The van der Waals surface area contributed by atoms with Crippen molar-refractivity contribution in [1.29, 1.82) is 0 Å².